The summed E-state index contributed by atoms with van der Waals surface area (Å²) < 4.78 is 5.30. The van der Waals surface area contributed by atoms with E-state index < -0.39 is 0 Å². The molecule has 2 nitrogen and oxygen atoms in total. The zero-order chi connectivity index (χ0) is 6.43. The Balaban J connectivity index is 2.02. The van der Waals surface area contributed by atoms with E-state index in [1.54, 1.807) is 0 Å². The first-order valence-corrected chi connectivity index (χ1v) is 3.62. The van der Waals surface area contributed by atoms with Crippen LogP contribution in [0.3, 0.4) is 0 Å². The van der Waals surface area contributed by atoms with Crippen LogP contribution in [0.2, 0.25) is 0 Å². The molecule has 1 saturated heterocycles. The molecule has 0 amide bonds. The van der Waals surface area contributed by atoms with Crippen molar-refractivity contribution in [2.24, 2.45) is 5.92 Å². The maximum absolute atomic E-state index is 9.29. The van der Waals surface area contributed by atoms with E-state index in [9.17, 15) is 5.11 Å². The van der Waals surface area contributed by atoms with Crippen LogP contribution in [-0.4, -0.2) is 23.4 Å². The van der Waals surface area contributed by atoms with Crippen LogP contribution in [0.5, 0.6) is 0 Å². The molecular weight excluding hydrogens is 116 g/mol. The fraction of sp³-hybridized carbons (Fsp3) is 1.00. The highest BCUT2D eigenvalue weighted by Crippen LogP contribution is 2.40. The Morgan fingerprint density at radius 3 is 2.89 bits per heavy atom. The van der Waals surface area contributed by atoms with E-state index in [1.807, 2.05) is 0 Å². The Hall–Kier alpha value is -0.0800. The van der Waals surface area contributed by atoms with Gasteiger partial charge in [-0.2, -0.15) is 0 Å². The molecule has 0 aromatic rings. The predicted molar refractivity (Wildman–Crippen MR) is 33.1 cm³/mol. The van der Waals surface area contributed by atoms with Gasteiger partial charge in [-0.1, -0.05) is 6.92 Å². The molecule has 1 saturated carbocycles. The second kappa shape index (κ2) is 1.70. The summed E-state index contributed by atoms with van der Waals surface area (Å²) in [6.07, 6.45) is 2.80. The van der Waals surface area contributed by atoms with Gasteiger partial charge in [-0.05, 0) is 12.8 Å². The van der Waals surface area contributed by atoms with Crippen molar-refractivity contribution in [1.82, 2.24) is 0 Å². The fourth-order valence-electron chi connectivity index (χ4n) is 1.67. The average molecular weight is 128 g/mol. The van der Waals surface area contributed by atoms with Crippen LogP contribution in [0, 0.1) is 5.92 Å². The number of fused-ring (bicyclic) bond motifs is 1. The van der Waals surface area contributed by atoms with Crippen LogP contribution in [0.1, 0.15) is 19.8 Å². The quantitative estimate of drug-likeness (QED) is 0.483. The maximum Gasteiger partial charge on any atom is 0.0891 e. The first-order valence-electron chi connectivity index (χ1n) is 3.62. The predicted octanol–water partition coefficient (Wildman–Crippen LogP) is 0.545. The molecule has 2 rings (SSSR count). The second-order valence-corrected chi connectivity index (χ2v) is 3.14. The average Bonchev–Trinajstić information content (AvgIpc) is 2.58. The van der Waals surface area contributed by atoms with Crippen molar-refractivity contribution in [3.05, 3.63) is 0 Å². The Morgan fingerprint density at radius 1 is 1.44 bits per heavy atom. The number of aliphatic hydroxyl groups excluding tert-OH is 1. The number of hydrogen-bond acceptors (Lipinski definition) is 2. The number of hydrogen-bond donors (Lipinski definition) is 1. The van der Waals surface area contributed by atoms with Gasteiger partial charge in [0.05, 0.1) is 18.3 Å². The molecule has 0 spiro atoms. The molecule has 1 aliphatic carbocycles. The molecule has 4 atom stereocenters. The maximum atomic E-state index is 9.29. The summed E-state index contributed by atoms with van der Waals surface area (Å²) in [6, 6.07) is 0. The molecule has 2 heteroatoms. The monoisotopic (exact) mass is 128 g/mol. The van der Waals surface area contributed by atoms with E-state index >= 15 is 0 Å². The fourth-order valence-corrected chi connectivity index (χ4v) is 1.67. The van der Waals surface area contributed by atoms with Gasteiger partial charge in [0.25, 0.3) is 0 Å². The number of rotatable bonds is 0. The molecule has 0 radical (unpaired) electrons. The zero-order valence-corrected chi connectivity index (χ0v) is 5.58. The van der Waals surface area contributed by atoms with E-state index in [4.69, 9.17) is 4.74 Å². The summed E-state index contributed by atoms with van der Waals surface area (Å²) >= 11 is 0. The van der Waals surface area contributed by atoms with Crippen LogP contribution in [0.4, 0.5) is 0 Å². The normalized spacial score (nSPS) is 56.7. The van der Waals surface area contributed by atoms with Crippen molar-refractivity contribution in [3.63, 3.8) is 0 Å². The van der Waals surface area contributed by atoms with Crippen LogP contribution in [0.15, 0.2) is 0 Å². The Bertz CT molecular complexity index is 122. The van der Waals surface area contributed by atoms with E-state index in [1.165, 1.54) is 0 Å². The molecule has 2 fully saturated rings. The summed E-state index contributed by atoms with van der Waals surface area (Å²) in [5, 5.41) is 9.29. The van der Waals surface area contributed by atoms with Crippen LogP contribution < -0.4 is 0 Å². The number of epoxide rings is 1. The van der Waals surface area contributed by atoms with Gasteiger partial charge in [0.1, 0.15) is 0 Å². The van der Waals surface area contributed by atoms with Crippen molar-refractivity contribution < 1.29 is 9.84 Å². The third-order valence-electron chi connectivity index (χ3n) is 2.49. The van der Waals surface area contributed by atoms with Gasteiger partial charge < -0.3 is 9.84 Å². The first-order chi connectivity index (χ1) is 4.29. The highest BCUT2D eigenvalue weighted by atomic mass is 16.6. The zero-order valence-electron chi connectivity index (χ0n) is 5.58. The Morgan fingerprint density at radius 2 is 2.22 bits per heavy atom. The molecule has 0 aromatic heterocycles. The molecule has 0 bridgehead atoms. The lowest BCUT2D eigenvalue weighted by Gasteiger charge is -2.19. The highest BCUT2D eigenvalue weighted by Gasteiger charge is 2.48. The van der Waals surface area contributed by atoms with Gasteiger partial charge in [-0.25, -0.2) is 0 Å². The van der Waals surface area contributed by atoms with Gasteiger partial charge in [-0.3, -0.25) is 0 Å². The molecule has 9 heavy (non-hydrogen) atoms. The van der Waals surface area contributed by atoms with Gasteiger partial charge in [0, 0.05) is 5.92 Å². The molecule has 0 unspecified atom stereocenters. The summed E-state index contributed by atoms with van der Waals surface area (Å²) in [5.74, 6) is 0.378. The van der Waals surface area contributed by atoms with Crippen LogP contribution in [-0.2, 0) is 4.74 Å². The topological polar surface area (TPSA) is 32.8 Å². The molecule has 1 aliphatic heterocycles. The lowest BCUT2D eigenvalue weighted by atomic mass is 9.88. The minimum atomic E-state index is -0.103. The minimum Gasteiger partial charge on any atom is -0.393 e. The SMILES string of the molecule is C[C@H]1[C@H]2O[C@H]2CC[C@@H]1O. The Kier molecular flexibility index (Phi) is 1.08. The van der Waals surface area contributed by atoms with E-state index in [-0.39, 0.29) is 6.10 Å². The molecule has 0 aromatic carbocycles. The lowest BCUT2D eigenvalue weighted by Crippen LogP contribution is -2.28. The van der Waals surface area contributed by atoms with Crippen LogP contribution in [0.25, 0.3) is 0 Å². The van der Waals surface area contributed by atoms with Crippen LogP contribution >= 0.6 is 0 Å². The van der Waals surface area contributed by atoms with Gasteiger partial charge in [0.15, 0.2) is 0 Å². The number of ether oxygens (including phenoxy) is 1. The van der Waals surface area contributed by atoms with Crippen molar-refractivity contribution >= 4 is 0 Å². The van der Waals surface area contributed by atoms with E-state index in [0.29, 0.717) is 18.1 Å². The summed E-state index contributed by atoms with van der Waals surface area (Å²) in [6.45, 7) is 2.06. The summed E-state index contributed by atoms with van der Waals surface area (Å²) in [5.41, 5.74) is 0. The van der Waals surface area contributed by atoms with Crippen molar-refractivity contribution in [2.45, 2.75) is 38.1 Å². The second-order valence-electron chi connectivity index (χ2n) is 3.14. The largest absolute Gasteiger partial charge is 0.393 e. The summed E-state index contributed by atoms with van der Waals surface area (Å²) in [4.78, 5) is 0. The lowest BCUT2D eigenvalue weighted by molar-refractivity contribution is 0.0866. The van der Waals surface area contributed by atoms with Crippen molar-refractivity contribution in [1.29, 1.82) is 0 Å². The van der Waals surface area contributed by atoms with Gasteiger partial charge in [0.2, 0.25) is 0 Å². The molecular formula is C7H12O2. The standard InChI is InChI=1S/C7H12O2/c1-4-5(8)2-3-6-7(4)9-6/h4-8H,2-3H2,1H3/t4-,5+,6+,7-/m1/s1. The molecule has 52 valence electrons. The first kappa shape index (κ1) is 5.69. The minimum absolute atomic E-state index is 0.103. The van der Waals surface area contributed by atoms with E-state index in [2.05, 4.69) is 6.92 Å². The third-order valence-corrected chi connectivity index (χ3v) is 2.49. The highest BCUT2D eigenvalue weighted by molar-refractivity contribution is 4.96. The summed E-state index contributed by atoms with van der Waals surface area (Å²) in [7, 11) is 0. The van der Waals surface area contributed by atoms with Gasteiger partial charge >= 0.3 is 0 Å². The molecule has 2 aliphatic rings. The Labute approximate surface area is 54.8 Å². The van der Waals surface area contributed by atoms with Gasteiger partial charge in [-0.15, -0.1) is 0 Å². The smallest absolute Gasteiger partial charge is 0.0891 e. The molecule has 1 heterocycles. The van der Waals surface area contributed by atoms with Crippen molar-refractivity contribution in [3.8, 4) is 0 Å². The molecule has 1 N–H and O–H groups in total. The van der Waals surface area contributed by atoms with Crippen molar-refractivity contribution in [2.75, 3.05) is 0 Å². The third kappa shape index (κ3) is 0.775. The number of aliphatic hydroxyl groups is 1. The van der Waals surface area contributed by atoms with E-state index in [0.717, 1.165) is 12.8 Å².